The molecular weight excluding hydrogens is 479 g/mol. The minimum absolute atomic E-state index is 0.245. The van der Waals surface area contributed by atoms with E-state index in [0.29, 0.717) is 28.9 Å². The Hall–Kier alpha value is -1.71. The van der Waals surface area contributed by atoms with Gasteiger partial charge in [-0.1, -0.05) is 0 Å². The van der Waals surface area contributed by atoms with Crippen molar-refractivity contribution in [1.29, 1.82) is 0 Å². The minimum Gasteiger partial charge on any atom is -0.444 e. The molecule has 0 saturated carbocycles. The first kappa shape index (κ1) is 19.6. The molecule has 2 aliphatic heterocycles. The maximum Gasteiger partial charge on any atom is 0.411 e. The maximum atomic E-state index is 15.2. The standard InChI is InChI=1S/C20H22F2IN3O2/c1-9-6-11(7-10(2)15(9)21)26-18(23)14-12-8-13(16(22)17(14)24-26)25(12)19(27)28-20(3,4)5/h6-7,12-13,16H,8H2,1-5H3/t12?,13?,16-/m0/s1. The van der Waals surface area contributed by atoms with Gasteiger partial charge in [0.25, 0.3) is 0 Å². The summed E-state index contributed by atoms with van der Waals surface area (Å²) in [6.45, 7) is 8.77. The van der Waals surface area contributed by atoms with E-state index in [1.165, 1.54) is 4.90 Å². The van der Waals surface area contributed by atoms with Crippen LogP contribution in [0.4, 0.5) is 13.6 Å². The number of nitrogens with zero attached hydrogens (tertiary/aromatic N) is 3. The van der Waals surface area contributed by atoms with Crippen LogP contribution in [0.25, 0.3) is 5.69 Å². The molecule has 3 heterocycles. The van der Waals surface area contributed by atoms with E-state index in [2.05, 4.69) is 27.7 Å². The van der Waals surface area contributed by atoms with Crippen LogP contribution in [0.1, 0.15) is 61.8 Å². The molecule has 1 aromatic carbocycles. The molecule has 2 bridgehead atoms. The largest absolute Gasteiger partial charge is 0.444 e. The molecule has 2 aromatic rings. The monoisotopic (exact) mass is 501 g/mol. The Morgan fingerprint density at radius 1 is 1.29 bits per heavy atom. The number of hydrogen-bond acceptors (Lipinski definition) is 3. The van der Waals surface area contributed by atoms with Crippen molar-refractivity contribution in [2.75, 3.05) is 0 Å². The van der Waals surface area contributed by atoms with Crippen LogP contribution in [0.15, 0.2) is 12.1 Å². The van der Waals surface area contributed by atoms with E-state index in [-0.39, 0.29) is 11.9 Å². The van der Waals surface area contributed by atoms with Crippen LogP contribution in [0.2, 0.25) is 0 Å². The number of benzene rings is 1. The normalized spacial score (nSPS) is 23.3. The number of aryl methyl sites for hydroxylation is 2. The van der Waals surface area contributed by atoms with Gasteiger partial charge in [0.2, 0.25) is 0 Å². The van der Waals surface area contributed by atoms with Crippen molar-refractivity contribution in [2.24, 2.45) is 0 Å². The molecule has 3 aliphatic rings. The molecule has 0 radical (unpaired) electrons. The zero-order chi connectivity index (χ0) is 20.5. The molecule has 3 atom stereocenters. The summed E-state index contributed by atoms with van der Waals surface area (Å²) in [5, 5.41) is 4.50. The molecule has 1 aliphatic carbocycles. The van der Waals surface area contributed by atoms with Gasteiger partial charge in [-0.15, -0.1) is 0 Å². The number of alkyl halides is 1. The molecule has 5 nitrogen and oxygen atoms in total. The molecule has 1 amide bonds. The summed E-state index contributed by atoms with van der Waals surface area (Å²) >= 11 is 2.13. The van der Waals surface area contributed by atoms with Crippen molar-refractivity contribution in [1.82, 2.24) is 14.7 Å². The fourth-order valence-corrected chi connectivity index (χ4v) is 5.00. The summed E-state index contributed by atoms with van der Waals surface area (Å²) in [6, 6.07) is 2.60. The SMILES string of the molecule is Cc1cc(-n2nc3c(c2I)C2CC([C@@H]3F)N2C(=O)OC(C)(C)C)cc(C)c1F. The Kier molecular flexibility index (Phi) is 4.48. The lowest BCUT2D eigenvalue weighted by atomic mass is 9.77. The minimum atomic E-state index is -1.37. The van der Waals surface area contributed by atoms with Gasteiger partial charge < -0.3 is 4.74 Å². The average Bonchev–Trinajstić information content (AvgIpc) is 2.88. The summed E-state index contributed by atoms with van der Waals surface area (Å²) in [6.07, 6.45) is -1.32. The number of carbonyl (C=O) groups excluding carboxylic acids is 1. The predicted molar refractivity (Wildman–Crippen MR) is 109 cm³/mol. The Morgan fingerprint density at radius 2 is 1.89 bits per heavy atom. The molecule has 0 spiro atoms. The van der Waals surface area contributed by atoms with Gasteiger partial charge in [0.05, 0.1) is 17.8 Å². The summed E-state index contributed by atoms with van der Waals surface area (Å²) in [5.74, 6) is -0.252. The third-order valence-corrected chi connectivity index (χ3v) is 6.29. The highest BCUT2D eigenvalue weighted by Crippen LogP contribution is 2.54. The third kappa shape index (κ3) is 2.91. The van der Waals surface area contributed by atoms with E-state index in [4.69, 9.17) is 4.74 Å². The van der Waals surface area contributed by atoms with Gasteiger partial charge in [0.1, 0.15) is 20.8 Å². The highest BCUT2D eigenvalue weighted by molar-refractivity contribution is 14.1. The van der Waals surface area contributed by atoms with Crippen LogP contribution >= 0.6 is 22.6 Å². The van der Waals surface area contributed by atoms with E-state index >= 15 is 4.39 Å². The molecule has 1 fully saturated rings. The van der Waals surface area contributed by atoms with Crippen LogP contribution in [0.3, 0.4) is 0 Å². The van der Waals surface area contributed by atoms with E-state index in [1.54, 1.807) is 51.4 Å². The first-order chi connectivity index (χ1) is 13.0. The van der Waals surface area contributed by atoms with Gasteiger partial charge in [-0.2, -0.15) is 5.10 Å². The number of halogens is 3. The number of aromatic nitrogens is 2. The summed E-state index contributed by atoms with van der Waals surface area (Å²) in [4.78, 5) is 14.1. The van der Waals surface area contributed by atoms with Crippen molar-refractivity contribution in [3.05, 3.63) is 44.0 Å². The van der Waals surface area contributed by atoms with E-state index in [9.17, 15) is 9.18 Å². The quantitative estimate of drug-likeness (QED) is 0.498. The second-order valence-corrected chi connectivity index (χ2v) is 9.53. The molecule has 150 valence electrons. The average molecular weight is 501 g/mol. The Labute approximate surface area is 176 Å². The number of hydrogen-bond donors (Lipinski definition) is 0. The third-order valence-electron chi connectivity index (χ3n) is 5.25. The highest BCUT2D eigenvalue weighted by atomic mass is 127. The van der Waals surface area contributed by atoms with E-state index < -0.39 is 23.9 Å². The number of rotatable bonds is 1. The second-order valence-electron chi connectivity index (χ2n) is 8.50. The van der Waals surface area contributed by atoms with Crippen LogP contribution in [0, 0.1) is 23.4 Å². The van der Waals surface area contributed by atoms with Crippen molar-refractivity contribution >= 4 is 28.7 Å². The Balaban J connectivity index is 1.75. The number of ether oxygens (including phenoxy) is 1. The molecule has 28 heavy (non-hydrogen) atoms. The molecule has 0 N–H and O–H groups in total. The lowest BCUT2D eigenvalue weighted by Gasteiger charge is -2.52. The molecule has 2 unspecified atom stereocenters. The Morgan fingerprint density at radius 3 is 2.46 bits per heavy atom. The maximum absolute atomic E-state index is 15.2. The van der Waals surface area contributed by atoms with Crippen LogP contribution in [-0.2, 0) is 4.74 Å². The fraction of sp³-hybridized carbons (Fsp3) is 0.500. The molecule has 8 heteroatoms. The zero-order valence-corrected chi connectivity index (χ0v) is 18.5. The molecule has 1 saturated heterocycles. The summed E-state index contributed by atoms with van der Waals surface area (Å²) < 4.78 is 37.0. The van der Waals surface area contributed by atoms with Crippen molar-refractivity contribution in [2.45, 2.75) is 64.9 Å². The second kappa shape index (κ2) is 6.40. The van der Waals surface area contributed by atoms with Crippen LogP contribution < -0.4 is 0 Å². The van der Waals surface area contributed by atoms with Gasteiger partial charge in [-0.3, -0.25) is 4.90 Å². The van der Waals surface area contributed by atoms with Gasteiger partial charge in [-0.25, -0.2) is 18.3 Å². The molecular formula is C20H22F2IN3O2. The van der Waals surface area contributed by atoms with Crippen molar-refractivity contribution < 1.29 is 18.3 Å². The smallest absolute Gasteiger partial charge is 0.411 e. The summed E-state index contributed by atoms with van der Waals surface area (Å²) in [5.41, 5.74) is 2.15. The fourth-order valence-electron chi connectivity index (χ4n) is 3.98. The predicted octanol–water partition coefficient (Wildman–Crippen LogP) is 5.31. The van der Waals surface area contributed by atoms with Gasteiger partial charge >= 0.3 is 6.09 Å². The lowest BCUT2D eigenvalue weighted by Crippen LogP contribution is -2.59. The first-order valence-electron chi connectivity index (χ1n) is 9.20. The highest BCUT2D eigenvalue weighted by Gasteiger charge is 2.56. The Bertz CT molecular complexity index is 960. The van der Waals surface area contributed by atoms with Crippen molar-refractivity contribution in [3.63, 3.8) is 0 Å². The number of carbonyl (C=O) groups is 1. The number of amides is 1. The van der Waals surface area contributed by atoms with Gasteiger partial charge in [-0.05, 0) is 86.9 Å². The van der Waals surface area contributed by atoms with Gasteiger partial charge in [0.15, 0.2) is 6.17 Å². The van der Waals surface area contributed by atoms with E-state index in [0.717, 1.165) is 9.26 Å². The van der Waals surface area contributed by atoms with Crippen LogP contribution in [0.5, 0.6) is 0 Å². The van der Waals surface area contributed by atoms with Crippen LogP contribution in [-0.4, -0.2) is 32.4 Å². The lowest BCUT2D eigenvalue weighted by molar-refractivity contribution is -0.0668. The van der Waals surface area contributed by atoms with Crippen molar-refractivity contribution in [3.8, 4) is 5.69 Å². The zero-order valence-electron chi connectivity index (χ0n) is 16.4. The molecule has 5 rings (SSSR count). The molecule has 1 aromatic heterocycles. The van der Waals surface area contributed by atoms with Gasteiger partial charge in [0, 0.05) is 5.56 Å². The van der Waals surface area contributed by atoms with E-state index in [1.807, 2.05) is 0 Å². The summed E-state index contributed by atoms with van der Waals surface area (Å²) in [7, 11) is 0. The first-order valence-corrected chi connectivity index (χ1v) is 10.3. The topological polar surface area (TPSA) is 47.4 Å².